The summed E-state index contributed by atoms with van der Waals surface area (Å²) in [7, 11) is -3.23. The Morgan fingerprint density at radius 2 is 1.74 bits per heavy atom. The predicted octanol–water partition coefficient (Wildman–Crippen LogP) is 4.83. The van der Waals surface area contributed by atoms with Crippen LogP contribution >= 0.6 is 0 Å². The Bertz CT molecular complexity index is 1300. The van der Waals surface area contributed by atoms with Gasteiger partial charge in [0.25, 0.3) is 5.91 Å². The number of amides is 1. The van der Waals surface area contributed by atoms with Gasteiger partial charge in [-0.15, -0.1) is 0 Å². The minimum Gasteiger partial charge on any atom is -0.348 e. The summed E-state index contributed by atoms with van der Waals surface area (Å²) >= 11 is 0. The van der Waals surface area contributed by atoms with Crippen LogP contribution in [0.4, 0.5) is 0 Å². The van der Waals surface area contributed by atoms with E-state index in [-0.39, 0.29) is 17.7 Å². The van der Waals surface area contributed by atoms with Crippen molar-refractivity contribution in [3.05, 3.63) is 94.3 Å². The first kappa shape index (κ1) is 25.1. The minimum atomic E-state index is -3.23. The van der Waals surface area contributed by atoms with Gasteiger partial charge in [-0.3, -0.25) is 14.7 Å². The number of hydrogen-bond acceptors (Lipinski definition) is 5. The van der Waals surface area contributed by atoms with E-state index in [9.17, 15) is 13.2 Å². The van der Waals surface area contributed by atoms with Crippen molar-refractivity contribution < 1.29 is 13.2 Å². The van der Waals surface area contributed by atoms with Gasteiger partial charge in [-0.05, 0) is 47.7 Å². The number of nitrogens with one attached hydrogen (secondary N) is 1. The fourth-order valence-electron chi connectivity index (χ4n) is 4.61. The molecule has 0 spiro atoms. The Balaban J connectivity index is 1.44. The average Bonchev–Trinajstić information content (AvgIpc) is 3.21. The predicted molar refractivity (Wildman–Crippen MR) is 138 cm³/mol. The summed E-state index contributed by atoms with van der Waals surface area (Å²) in [5, 5.41) is 2.93. The highest BCUT2D eigenvalue weighted by molar-refractivity contribution is 7.91. The molecule has 0 aliphatic carbocycles. The molecule has 4 rings (SSSR count). The summed E-state index contributed by atoms with van der Waals surface area (Å²) in [6.45, 7) is 10.0. The molecule has 1 N–H and O–H groups in total. The Hall–Kier alpha value is -3.03. The van der Waals surface area contributed by atoms with Crippen molar-refractivity contribution in [1.82, 2.24) is 15.2 Å². The number of rotatable bonds is 8. The van der Waals surface area contributed by atoms with Gasteiger partial charge in [0.2, 0.25) is 0 Å². The molecule has 0 saturated carbocycles. The quantitative estimate of drug-likeness (QED) is 0.488. The lowest BCUT2D eigenvalue weighted by Crippen LogP contribution is -2.25. The zero-order chi connectivity index (χ0) is 25.2. The van der Waals surface area contributed by atoms with E-state index >= 15 is 0 Å². The summed E-state index contributed by atoms with van der Waals surface area (Å²) in [5.41, 5.74) is 6.04. The molecule has 0 radical (unpaired) electrons. The molecule has 0 bridgehead atoms. The van der Waals surface area contributed by atoms with Crippen LogP contribution in [0.1, 0.15) is 65.1 Å². The van der Waals surface area contributed by atoms with Gasteiger partial charge in [0.05, 0.1) is 27.9 Å². The highest BCUT2D eigenvalue weighted by atomic mass is 32.2. The molecule has 0 unspecified atom stereocenters. The fourth-order valence-corrected chi connectivity index (χ4v) is 5.50. The molecule has 2 heterocycles. The number of carbonyl (C=O) groups is 1. The fraction of sp³-hybridized carbons (Fsp3) is 0.357. The molecule has 1 atom stereocenters. The average molecular weight is 492 g/mol. The van der Waals surface area contributed by atoms with E-state index in [4.69, 9.17) is 4.98 Å². The number of pyridine rings is 1. The highest BCUT2D eigenvalue weighted by Crippen LogP contribution is 2.38. The van der Waals surface area contributed by atoms with Crippen molar-refractivity contribution in [2.24, 2.45) is 5.92 Å². The number of carbonyl (C=O) groups excluding carboxylic acids is 1. The summed E-state index contributed by atoms with van der Waals surface area (Å²) in [5.74, 6) is 0.270. The summed E-state index contributed by atoms with van der Waals surface area (Å²) in [6, 6.07) is 17.4. The monoisotopic (exact) mass is 491 g/mol. The molecular weight excluding hydrogens is 458 g/mol. The van der Waals surface area contributed by atoms with Gasteiger partial charge >= 0.3 is 0 Å². The van der Waals surface area contributed by atoms with Crippen LogP contribution in [-0.2, 0) is 29.5 Å². The molecule has 2 aromatic carbocycles. The van der Waals surface area contributed by atoms with Crippen molar-refractivity contribution in [2.45, 2.75) is 58.3 Å². The third-order valence-electron chi connectivity index (χ3n) is 6.56. The van der Waals surface area contributed by atoms with Crippen LogP contribution < -0.4 is 5.32 Å². The maximum absolute atomic E-state index is 12.8. The van der Waals surface area contributed by atoms with E-state index < -0.39 is 9.84 Å². The second kappa shape index (κ2) is 10.3. The zero-order valence-corrected chi connectivity index (χ0v) is 21.6. The molecule has 1 aliphatic heterocycles. The second-order valence-electron chi connectivity index (χ2n) is 9.58. The lowest BCUT2D eigenvalue weighted by Gasteiger charge is -2.27. The van der Waals surface area contributed by atoms with E-state index in [1.165, 1.54) is 11.1 Å². The third-order valence-corrected chi connectivity index (χ3v) is 8.31. The van der Waals surface area contributed by atoms with Crippen LogP contribution in [0, 0.1) is 12.8 Å². The van der Waals surface area contributed by atoms with Crippen LogP contribution in [0.25, 0.3) is 0 Å². The number of benzene rings is 2. The SMILES string of the molecule is CCS(=O)(=O)c1ccc(CNC(=O)c2cnc3c(c2)CN(Cc2ccc(C)cc2)[C@H]3C(C)C)cc1. The van der Waals surface area contributed by atoms with Gasteiger partial charge in [-0.1, -0.05) is 62.7 Å². The van der Waals surface area contributed by atoms with Gasteiger partial charge in [-0.25, -0.2) is 8.42 Å². The molecule has 1 aliphatic rings. The standard InChI is InChI=1S/C28H33N3O3S/c1-5-35(33,34)25-12-10-21(11-13-25)15-30-28(32)23-14-24-18-31(17-22-8-6-20(4)7-9-22)27(19(2)3)26(24)29-16-23/h6-14,16,19,27H,5,15,17-18H2,1-4H3,(H,30,32)/t27-/m0/s1. The maximum Gasteiger partial charge on any atom is 0.253 e. The van der Waals surface area contributed by atoms with E-state index in [2.05, 4.69) is 55.3 Å². The van der Waals surface area contributed by atoms with Gasteiger partial charge in [0.1, 0.15) is 0 Å². The molecule has 1 amide bonds. The smallest absolute Gasteiger partial charge is 0.253 e. The highest BCUT2D eigenvalue weighted by Gasteiger charge is 2.34. The Kier molecular flexibility index (Phi) is 7.38. The molecule has 1 aromatic heterocycles. The van der Waals surface area contributed by atoms with Crippen molar-refractivity contribution in [3.63, 3.8) is 0 Å². The molecule has 0 saturated heterocycles. The van der Waals surface area contributed by atoms with Crippen molar-refractivity contribution >= 4 is 15.7 Å². The van der Waals surface area contributed by atoms with Crippen molar-refractivity contribution in [2.75, 3.05) is 5.75 Å². The number of sulfone groups is 1. The van der Waals surface area contributed by atoms with Crippen LogP contribution in [-0.4, -0.2) is 30.0 Å². The topological polar surface area (TPSA) is 79.4 Å². The van der Waals surface area contributed by atoms with Crippen LogP contribution in [0.3, 0.4) is 0 Å². The summed E-state index contributed by atoms with van der Waals surface area (Å²) in [6.07, 6.45) is 1.66. The first-order valence-electron chi connectivity index (χ1n) is 12.1. The lowest BCUT2D eigenvalue weighted by molar-refractivity contribution is 0.0950. The summed E-state index contributed by atoms with van der Waals surface area (Å²) in [4.78, 5) is 20.3. The lowest BCUT2D eigenvalue weighted by atomic mass is 9.99. The van der Waals surface area contributed by atoms with Crippen LogP contribution in [0.15, 0.2) is 65.7 Å². The number of nitrogens with zero attached hydrogens (tertiary/aromatic N) is 2. The molecule has 35 heavy (non-hydrogen) atoms. The number of aryl methyl sites for hydroxylation is 1. The largest absolute Gasteiger partial charge is 0.348 e. The first-order valence-corrected chi connectivity index (χ1v) is 13.7. The second-order valence-corrected chi connectivity index (χ2v) is 11.9. The maximum atomic E-state index is 12.8. The number of fused-ring (bicyclic) bond motifs is 1. The van der Waals surface area contributed by atoms with Crippen LogP contribution in [0.5, 0.6) is 0 Å². The van der Waals surface area contributed by atoms with Gasteiger partial charge < -0.3 is 5.32 Å². The van der Waals surface area contributed by atoms with Crippen LogP contribution in [0.2, 0.25) is 0 Å². The molecule has 3 aromatic rings. The van der Waals surface area contributed by atoms with E-state index in [1.54, 1.807) is 37.4 Å². The third kappa shape index (κ3) is 5.63. The van der Waals surface area contributed by atoms with E-state index in [0.717, 1.165) is 29.9 Å². The first-order chi connectivity index (χ1) is 16.7. The molecular formula is C28H33N3O3S. The Morgan fingerprint density at radius 3 is 2.37 bits per heavy atom. The normalized spacial score (nSPS) is 15.9. The molecule has 184 valence electrons. The molecule has 6 nitrogen and oxygen atoms in total. The molecule has 7 heteroatoms. The van der Waals surface area contributed by atoms with Gasteiger partial charge in [0, 0.05) is 25.8 Å². The van der Waals surface area contributed by atoms with Crippen molar-refractivity contribution in [3.8, 4) is 0 Å². The van der Waals surface area contributed by atoms with Crippen molar-refractivity contribution in [1.29, 1.82) is 0 Å². The summed E-state index contributed by atoms with van der Waals surface area (Å²) < 4.78 is 24.0. The minimum absolute atomic E-state index is 0.0640. The van der Waals surface area contributed by atoms with E-state index in [0.29, 0.717) is 22.9 Å². The Morgan fingerprint density at radius 1 is 1.09 bits per heavy atom. The van der Waals surface area contributed by atoms with Gasteiger partial charge in [0.15, 0.2) is 9.84 Å². The Labute approximate surface area is 208 Å². The number of hydrogen-bond donors (Lipinski definition) is 1. The number of aromatic nitrogens is 1. The van der Waals surface area contributed by atoms with Gasteiger partial charge in [-0.2, -0.15) is 0 Å². The van der Waals surface area contributed by atoms with E-state index in [1.807, 2.05) is 6.07 Å². The zero-order valence-electron chi connectivity index (χ0n) is 20.8. The molecule has 0 fully saturated rings.